The Kier molecular flexibility index (Phi) is 3.74. The van der Waals surface area contributed by atoms with Crippen molar-refractivity contribution in [1.29, 1.82) is 0 Å². The van der Waals surface area contributed by atoms with Crippen LogP contribution in [0.5, 0.6) is 0 Å². The van der Waals surface area contributed by atoms with E-state index in [4.69, 9.17) is 11.6 Å². The molecule has 1 N–H and O–H groups in total. The van der Waals surface area contributed by atoms with E-state index in [2.05, 4.69) is 6.07 Å². The molecule has 0 spiro atoms. The quantitative estimate of drug-likeness (QED) is 0.851. The molecule has 0 saturated heterocycles. The summed E-state index contributed by atoms with van der Waals surface area (Å²) in [4.78, 5) is 0. The third-order valence-electron chi connectivity index (χ3n) is 3.09. The molecule has 0 radical (unpaired) electrons. The molecule has 94 valence electrons. The smallest absolute Gasteiger partial charge is 0.104 e. The van der Waals surface area contributed by atoms with E-state index in [1.165, 1.54) is 0 Å². The molecule has 0 bridgehead atoms. The maximum Gasteiger partial charge on any atom is 0.104 e. The van der Waals surface area contributed by atoms with Crippen LogP contribution < -0.4 is 0 Å². The second-order valence-electron chi connectivity index (χ2n) is 4.82. The van der Waals surface area contributed by atoms with Crippen LogP contribution >= 0.6 is 11.6 Å². The number of aliphatic hydroxyl groups is 1. The highest BCUT2D eigenvalue weighted by Gasteiger charge is 2.13. The highest BCUT2D eigenvalue weighted by molar-refractivity contribution is 6.30. The predicted octanol–water partition coefficient (Wildman–Crippen LogP) is 4.35. The summed E-state index contributed by atoms with van der Waals surface area (Å²) in [5.41, 5.74) is 5.17. The fourth-order valence-corrected chi connectivity index (χ4v) is 2.52. The van der Waals surface area contributed by atoms with Crippen LogP contribution in [0.25, 0.3) is 0 Å². The topological polar surface area (TPSA) is 20.2 Å². The molecule has 0 heterocycles. The summed E-state index contributed by atoms with van der Waals surface area (Å²) >= 11 is 5.94. The number of hydrogen-bond acceptors (Lipinski definition) is 1. The van der Waals surface area contributed by atoms with Gasteiger partial charge >= 0.3 is 0 Å². The Morgan fingerprint density at radius 1 is 0.944 bits per heavy atom. The molecule has 0 saturated carbocycles. The molecule has 0 aliphatic carbocycles. The molecule has 1 atom stereocenters. The molecule has 2 aromatic carbocycles. The Hall–Kier alpha value is -1.31. The maximum absolute atomic E-state index is 10.5. The molecule has 0 fully saturated rings. The van der Waals surface area contributed by atoms with Crippen LogP contribution in [0.1, 0.15) is 33.9 Å². The molecule has 2 heteroatoms. The normalized spacial score (nSPS) is 12.5. The van der Waals surface area contributed by atoms with Crippen molar-refractivity contribution in [2.45, 2.75) is 26.9 Å². The van der Waals surface area contributed by atoms with E-state index in [1.807, 2.05) is 51.1 Å². The van der Waals surface area contributed by atoms with Gasteiger partial charge in [-0.05, 0) is 49.6 Å². The summed E-state index contributed by atoms with van der Waals surface area (Å²) in [5, 5.41) is 11.2. The fraction of sp³-hybridized carbons (Fsp3) is 0.250. The first-order valence-electron chi connectivity index (χ1n) is 5.99. The maximum atomic E-state index is 10.5. The van der Waals surface area contributed by atoms with Crippen molar-refractivity contribution >= 4 is 11.6 Å². The SMILES string of the molecule is Cc1cc(C)cc(C(O)c2ccc(Cl)cc2C)c1. The first kappa shape index (κ1) is 13.1. The van der Waals surface area contributed by atoms with Gasteiger partial charge in [0.15, 0.2) is 0 Å². The number of benzene rings is 2. The fourth-order valence-electron chi connectivity index (χ4n) is 2.29. The van der Waals surface area contributed by atoms with Crippen molar-refractivity contribution in [3.05, 3.63) is 69.2 Å². The Morgan fingerprint density at radius 3 is 2.11 bits per heavy atom. The minimum absolute atomic E-state index is 0.596. The Labute approximate surface area is 113 Å². The van der Waals surface area contributed by atoms with Crippen LogP contribution in [0.15, 0.2) is 36.4 Å². The van der Waals surface area contributed by atoms with Gasteiger partial charge in [-0.25, -0.2) is 0 Å². The Bertz CT molecular complexity index is 555. The highest BCUT2D eigenvalue weighted by Crippen LogP contribution is 2.27. The molecule has 0 aliphatic rings. The molecule has 0 amide bonds. The first-order chi connectivity index (χ1) is 8.47. The van der Waals surface area contributed by atoms with Gasteiger partial charge in [-0.1, -0.05) is 47.0 Å². The van der Waals surface area contributed by atoms with E-state index in [-0.39, 0.29) is 0 Å². The van der Waals surface area contributed by atoms with Crippen molar-refractivity contribution < 1.29 is 5.11 Å². The molecule has 2 aromatic rings. The first-order valence-corrected chi connectivity index (χ1v) is 6.37. The van der Waals surface area contributed by atoms with E-state index in [0.29, 0.717) is 5.02 Å². The molecular formula is C16H17ClO. The summed E-state index contributed by atoms with van der Waals surface area (Å²) in [7, 11) is 0. The van der Waals surface area contributed by atoms with Crippen LogP contribution in [0.4, 0.5) is 0 Å². The van der Waals surface area contributed by atoms with Crippen LogP contribution in [-0.4, -0.2) is 5.11 Å². The number of rotatable bonds is 2. The van der Waals surface area contributed by atoms with Gasteiger partial charge in [0.1, 0.15) is 6.10 Å². The second-order valence-corrected chi connectivity index (χ2v) is 5.26. The molecule has 1 unspecified atom stereocenters. The minimum Gasteiger partial charge on any atom is -0.384 e. The van der Waals surface area contributed by atoms with E-state index in [0.717, 1.165) is 27.8 Å². The lowest BCUT2D eigenvalue weighted by atomic mass is 9.95. The average Bonchev–Trinajstić information content (AvgIpc) is 2.26. The summed E-state index contributed by atoms with van der Waals surface area (Å²) in [6, 6.07) is 11.7. The van der Waals surface area contributed by atoms with Gasteiger partial charge in [0, 0.05) is 5.02 Å². The molecule has 18 heavy (non-hydrogen) atoms. The van der Waals surface area contributed by atoms with Crippen molar-refractivity contribution in [2.24, 2.45) is 0 Å². The zero-order valence-electron chi connectivity index (χ0n) is 10.9. The molecule has 0 aliphatic heterocycles. The summed E-state index contributed by atoms with van der Waals surface area (Å²) in [6.07, 6.45) is -0.596. The Morgan fingerprint density at radius 2 is 1.56 bits per heavy atom. The largest absolute Gasteiger partial charge is 0.384 e. The highest BCUT2D eigenvalue weighted by atomic mass is 35.5. The van der Waals surface area contributed by atoms with Crippen LogP contribution in [0.3, 0.4) is 0 Å². The third kappa shape index (κ3) is 2.74. The summed E-state index contributed by atoms with van der Waals surface area (Å²) in [6.45, 7) is 6.04. The Balaban J connectivity index is 2.44. The number of halogens is 1. The second kappa shape index (κ2) is 5.13. The van der Waals surface area contributed by atoms with Crippen LogP contribution in [0.2, 0.25) is 5.02 Å². The third-order valence-corrected chi connectivity index (χ3v) is 3.32. The molecule has 2 rings (SSSR count). The number of aliphatic hydroxyl groups excluding tert-OH is 1. The lowest BCUT2D eigenvalue weighted by molar-refractivity contribution is 0.219. The van der Waals surface area contributed by atoms with Gasteiger partial charge in [0.25, 0.3) is 0 Å². The minimum atomic E-state index is -0.596. The number of aryl methyl sites for hydroxylation is 3. The van der Waals surface area contributed by atoms with Gasteiger partial charge in [-0.15, -0.1) is 0 Å². The van der Waals surface area contributed by atoms with E-state index >= 15 is 0 Å². The van der Waals surface area contributed by atoms with Crippen molar-refractivity contribution in [1.82, 2.24) is 0 Å². The molecule has 0 aromatic heterocycles. The summed E-state index contributed by atoms with van der Waals surface area (Å²) < 4.78 is 0. The van der Waals surface area contributed by atoms with E-state index < -0.39 is 6.10 Å². The van der Waals surface area contributed by atoms with Crippen molar-refractivity contribution in [2.75, 3.05) is 0 Å². The average molecular weight is 261 g/mol. The summed E-state index contributed by atoms with van der Waals surface area (Å²) in [5.74, 6) is 0. The van der Waals surface area contributed by atoms with Gasteiger partial charge in [0.05, 0.1) is 0 Å². The van der Waals surface area contributed by atoms with Gasteiger partial charge < -0.3 is 5.11 Å². The van der Waals surface area contributed by atoms with Gasteiger partial charge in [-0.2, -0.15) is 0 Å². The van der Waals surface area contributed by atoms with Gasteiger partial charge in [0.2, 0.25) is 0 Å². The lowest BCUT2D eigenvalue weighted by Crippen LogP contribution is -2.02. The lowest BCUT2D eigenvalue weighted by Gasteiger charge is -2.15. The van der Waals surface area contributed by atoms with E-state index in [1.54, 1.807) is 0 Å². The zero-order valence-corrected chi connectivity index (χ0v) is 11.6. The standard InChI is InChI=1S/C16H17ClO/c1-10-6-11(2)8-13(7-10)16(18)15-5-4-14(17)9-12(15)3/h4-9,16,18H,1-3H3. The van der Waals surface area contributed by atoms with E-state index in [9.17, 15) is 5.11 Å². The molecule has 1 nitrogen and oxygen atoms in total. The van der Waals surface area contributed by atoms with Crippen molar-refractivity contribution in [3.63, 3.8) is 0 Å². The van der Waals surface area contributed by atoms with Crippen LogP contribution in [0, 0.1) is 20.8 Å². The van der Waals surface area contributed by atoms with Gasteiger partial charge in [-0.3, -0.25) is 0 Å². The monoisotopic (exact) mass is 260 g/mol. The van der Waals surface area contributed by atoms with Crippen LogP contribution in [-0.2, 0) is 0 Å². The zero-order chi connectivity index (χ0) is 13.3. The predicted molar refractivity (Wildman–Crippen MR) is 76.2 cm³/mol. The molecular weight excluding hydrogens is 244 g/mol. The van der Waals surface area contributed by atoms with Crippen molar-refractivity contribution in [3.8, 4) is 0 Å². The number of hydrogen-bond donors (Lipinski definition) is 1.